The molecule has 39 heavy (non-hydrogen) atoms. The van der Waals surface area contributed by atoms with Gasteiger partial charge in [-0.2, -0.15) is 0 Å². The van der Waals surface area contributed by atoms with Gasteiger partial charge in [-0.05, 0) is 68.3 Å². The van der Waals surface area contributed by atoms with Crippen LogP contribution in [0.4, 0.5) is 0 Å². The summed E-state index contributed by atoms with van der Waals surface area (Å²) in [6, 6.07) is 32.5. The molecule has 0 aliphatic heterocycles. The third-order valence-corrected chi connectivity index (χ3v) is 7.23. The molecule has 0 radical (unpaired) electrons. The van der Waals surface area contributed by atoms with Crippen LogP contribution in [-0.2, 0) is 24.1 Å². The van der Waals surface area contributed by atoms with Crippen molar-refractivity contribution < 1.29 is 19.4 Å². The number of hydrogen-bond acceptors (Lipinski definition) is 4. The van der Waals surface area contributed by atoms with Crippen LogP contribution in [0.2, 0.25) is 0 Å². The van der Waals surface area contributed by atoms with Crippen LogP contribution < -0.4 is 9.47 Å². The molecule has 0 saturated heterocycles. The fourth-order valence-electron chi connectivity index (χ4n) is 4.61. The van der Waals surface area contributed by atoms with Crippen LogP contribution in [0.1, 0.15) is 27.9 Å². The van der Waals surface area contributed by atoms with E-state index in [4.69, 9.17) is 9.47 Å². The fraction of sp³-hybridized carbons (Fsp3) is 0.152. The molecule has 5 aromatic rings. The maximum absolute atomic E-state index is 11.4. The molecule has 0 aliphatic rings. The van der Waals surface area contributed by atoms with E-state index >= 15 is 0 Å². The van der Waals surface area contributed by atoms with Crippen molar-refractivity contribution in [2.24, 2.45) is 0 Å². The van der Waals surface area contributed by atoms with Gasteiger partial charge in [-0.15, -0.1) is 0 Å². The summed E-state index contributed by atoms with van der Waals surface area (Å²) in [4.78, 5) is 15.8. The van der Waals surface area contributed by atoms with Crippen LogP contribution in [0.25, 0.3) is 10.8 Å². The van der Waals surface area contributed by atoms with Crippen molar-refractivity contribution in [3.8, 4) is 11.5 Å². The molecule has 0 amide bonds. The van der Waals surface area contributed by atoms with Crippen LogP contribution in [0.15, 0.2) is 108 Å². The Morgan fingerprint density at radius 3 is 2.08 bits per heavy atom. The van der Waals surface area contributed by atoms with Gasteiger partial charge in [0, 0.05) is 42.1 Å². The third kappa shape index (κ3) is 6.84. The molecule has 1 aromatic heterocycles. The number of carboxylic acids is 1. The zero-order chi connectivity index (χ0) is 27.0. The number of nitrogens with zero attached hydrogens (tertiary/aromatic N) is 1. The summed E-state index contributed by atoms with van der Waals surface area (Å²) in [5.74, 6) is 0.288. The molecule has 0 atom stereocenters. The van der Waals surface area contributed by atoms with E-state index in [2.05, 4.69) is 57.3 Å². The molecule has 196 valence electrons. The summed E-state index contributed by atoms with van der Waals surface area (Å²) in [5.41, 5.74) is 5.26. The minimum atomic E-state index is -1.02. The first-order chi connectivity index (χ1) is 19.1. The van der Waals surface area contributed by atoms with Gasteiger partial charge in [-0.1, -0.05) is 66.7 Å². The standard InChI is InChI=1S/C33H28BrNO4/c34-32-29-21-30(38-16-14-28-13-7-8-15-35-28)26(17-23-9-3-1-4-10-23)19-25(29)20-27(33(32)39-22-31(36)37)18-24-11-5-2-6-12-24/h1-13,15,19-21H,14,16-18,22H2,(H,36,37). The lowest BCUT2D eigenvalue weighted by Gasteiger charge is -2.18. The molecule has 0 bridgehead atoms. The van der Waals surface area contributed by atoms with Gasteiger partial charge in [0.25, 0.3) is 0 Å². The quantitative estimate of drug-likeness (QED) is 0.178. The average Bonchev–Trinajstić information content (AvgIpc) is 2.95. The van der Waals surface area contributed by atoms with Crippen LogP contribution in [0.3, 0.4) is 0 Å². The molecule has 1 N–H and O–H groups in total. The topological polar surface area (TPSA) is 68.7 Å². The number of pyridine rings is 1. The minimum absolute atomic E-state index is 0.425. The molecule has 0 unspecified atom stereocenters. The Morgan fingerprint density at radius 2 is 1.44 bits per heavy atom. The number of benzene rings is 4. The van der Waals surface area contributed by atoms with E-state index in [9.17, 15) is 9.90 Å². The van der Waals surface area contributed by atoms with Crippen molar-refractivity contribution in [2.45, 2.75) is 19.3 Å². The zero-order valence-corrected chi connectivity index (χ0v) is 22.9. The van der Waals surface area contributed by atoms with E-state index in [1.54, 1.807) is 6.20 Å². The van der Waals surface area contributed by atoms with Crippen molar-refractivity contribution in [3.63, 3.8) is 0 Å². The number of fused-ring (bicyclic) bond motifs is 1. The number of carboxylic acid groups (broad SMARTS) is 1. The fourth-order valence-corrected chi connectivity index (χ4v) is 5.32. The summed E-state index contributed by atoms with van der Waals surface area (Å²) in [6.07, 6.45) is 3.81. The monoisotopic (exact) mass is 581 g/mol. The Morgan fingerprint density at radius 1 is 0.795 bits per heavy atom. The Hall–Kier alpha value is -4.16. The highest BCUT2D eigenvalue weighted by Gasteiger charge is 2.18. The van der Waals surface area contributed by atoms with E-state index in [0.29, 0.717) is 29.7 Å². The lowest BCUT2D eigenvalue weighted by Crippen LogP contribution is -2.11. The van der Waals surface area contributed by atoms with Crippen molar-refractivity contribution in [1.29, 1.82) is 0 Å². The second-order valence-electron chi connectivity index (χ2n) is 9.29. The molecular weight excluding hydrogens is 554 g/mol. The van der Waals surface area contributed by atoms with E-state index in [0.717, 1.165) is 45.3 Å². The first-order valence-electron chi connectivity index (χ1n) is 12.8. The Labute approximate surface area is 236 Å². The molecule has 5 rings (SSSR count). The number of ether oxygens (including phenoxy) is 2. The van der Waals surface area contributed by atoms with Crippen LogP contribution in [0.5, 0.6) is 11.5 Å². The zero-order valence-electron chi connectivity index (χ0n) is 21.3. The van der Waals surface area contributed by atoms with Crippen molar-refractivity contribution in [3.05, 3.63) is 136 Å². The van der Waals surface area contributed by atoms with Gasteiger partial charge in [-0.25, -0.2) is 4.79 Å². The number of halogens is 1. The van der Waals surface area contributed by atoms with E-state index in [1.165, 1.54) is 5.56 Å². The second-order valence-corrected chi connectivity index (χ2v) is 10.1. The number of rotatable bonds is 11. The van der Waals surface area contributed by atoms with Crippen LogP contribution in [0, 0.1) is 0 Å². The summed E-state index contributed by atoms with van der Waals surface area (Å²) >= 11 is 3.74. The Kier molecular flexibility index (Phi) is 8.54. The van der Waals surface area contributed by atoms with Crippen LogP contribution >= 0.6 is 15.9 Å². The van der Waals surface area contributed by atoms with E-state index < -0.39 is 12.6 Å². The lowest BCUT2D eigenvalue weighted by atomic mass is 9.96. The third-order valence-electron chi connectivity index (χ3n) is 6.45. The summed E-state index contributed by atoms with van der Waals surface area (Å²) in [7, 11) is 0. The molecule has 0 spiro atoms. The number of aromatic nitrogens is 1. The highest BCUT2D eigenvalue weighted by Crippen LogP contribution is 2.41. The van der Waals surface area contributed by atoms with E-state index in [-0.39, 0.29) is 0 Å². The van der Waals surface area contributed by atoms with Crippen molar-refractivity contribution in [1.82, 2.24) is 4.98 Å². The van der Waals surface area contributed by atoms with Gasteiger partial charge >= 0.3 is 5.97 Å². The lowest BCUT2D eigenvalue weighted by molar-refractivity contribution is -0.139. The second kappa shape index (κ2) is 12.6. The summed E-state index contributed by atoms with van der Waals surface area (Å²) in [5, 5.41) is 11.2. The number of hydrogen-bond donors (Lipinski definition) is 1. The molecule has 6 heteroatoms. The predicted octanol–water partition coefficient (Wildman–Crippen LogP) is 7.26. The SMILES string of the molecule is O=C(O)COc1c(Cc2ccccc2)cc2cc(Cc3ccccc3)c(OCCc3ccccn3)cc2c1Br. The normalized spacial score (nSPS) is 10.9. The molecule has 0 saturated carbocycles. The number of aliphatic carboxylic acids is 1. The highest BCUT2D eigenvalue weighted by atomic mass is 79.9. The highest BCUT2D eigenvalue weighted by molar-refractivity contribution is 9.10. The van der Waals surface area contributed by atoms with Gasteiger partial charge in [0.1, 0.15) is 11.5 Å². The first kappa shape index (κ1) is 26.4. The minimum Gasteiger partial charge on any atom is -0.493 e. The van der Waals surface area contributed by atoms with Crippen molar-refractivity contribution in [2.75, 3.05) is 13.2 Å². The molecule has 4 aromatic carbocycles. The van der Waals surface area contributed by atoms with Crippen LogP contribution in [-0.4, -0.2) is 29.3 Å². The molecule has 1 heterocycles. The first-order valence-corrected chi connectivity index (χ1v) is 13.6. The van der Waals surface area contributed by atoms with E-state index in [1.807, 2.05) is 60.7 Å². The Bertz CT molecular complexity index is 1560. The molecular formula is C33H28BrNO4. The molecule has 5 nitrogen and oxygen atoms in total. The molecule has 0 aliphatic carbocycles. The smallest absolute Gasteiger partial charge is 0.341 e. The van der Waals surface area contributed by atoms with Gasteiger partial charge < -0.3 is 14.6 Å². The Balaban J connectivity index is 1.56. The maximum Gasteiger partial charge on any atom is 0.341 e. The largest absolute Gasteiger partial charge is 0.493 e. The maximum atomic E-state index is 11.4. The average molecular weight is 582 g/mol. The van der Waals surface area contributed by atoms with Gasteiger partial charge in [0.2, 0.25) is 0 Å². The number of carbonyl (C=O) groups is 1. The summed E-state index contributed by atoms with van der Waals surface area (Å²) in [6.45, 7) is 0.0574. The van der Waals surface area contributed by atoms with Gasteiger partial charge in [-0.3, -0.25) is 4.98 Å². The summed E-state index contributed by atoms with van der Waals surface area (Å²) < 4.78 is 12.9. The molecule has 0 fully saturated rings. The van der Waals surface area contributed by atoms with Gasteiger partial charge in [0.05, 0.1) is 11.1 Å². The van der Waals surface area contributed by atoms with Crippen molar-refractivity contribution >= 4 is 32.7 Å². The predicted molar refractivity (Wildman–Crippen MR) is 157 cm³/mol. The van der Waals surface area contributed by atoms with Gasteiger partial charge in [0.15, 0.2) is 6.61 Å².